The van der Waals surface area contributed by atoms with Crippen molar-refractivity contribution in [3.8, 4) is 0 Å². The normalized spacial score (nSPS) is 10.4. The first kappa shape index (κ1) is 17.5. The molecule has 0 aliphatic carbocycles. The van der Waals surface area contributed by atoms with Gasteiger partial charge in [0.2, 0.25) is 11.9 Å². The number of halogens is 2. The smallest absolute Gasteiger partial charge is 0.251 e. The Kier molecular flexibility index (Phi) is 5.22. The van der Waals surface area contributed by atoms with Crippen LogP contribution in [0.3, 0.4) is 0 Å². The highest BCUT2D eigenvalue weighted by atomic mass is 19.2. The van der Waals surface area contributed by atoms with E-state index in [1.54, 1.807) is 38.0 Å². The van der Waals surface area contributed by atoms with E-state index in [4.69, 9.17) is 0 Å². The van der Waals surface area contributed by atoms with Crippen LogP contribution in [0.4, 0.5) is 20.7 Å². The molecular formula is C15H18F2N6O. The fourth-order valence-electron chi connectivity index (χ4n) is 1.77. The zero-order valence-corrected chi connectivity index (χ0v) is 13.8. The lowest BCUT2D eigenvalue weighted by Gasteiger charge is -2.16. The minimum atomic E-state index is -1.08. The van der Waals surface area contributed by atoms with Gasteiger partial charge in [0.1, 0.15) is 0 Å². The van der Waals surface area contributed by atoms with Gasteiger partial charge in [0, 0.05) is 33.8 Å². The molecule has 9 heteroatoms. The van der Waals surface area contributed by atoms with Gasteiger partial charge in [-0.05, 0) is 18.2 Å². The van der Waals surface area contributed by atoms with Crippen molar-refractivity contribution in [2.75, 3.05) is 38.0 Å². The zero-order chi connectivity index (χ0) is 17.9. The summed E-state index contributed by atoms with van der Waals surface area (Å²) < 4.78 is 26.1. The Balaban J connectivity index is 2.15. The van der Waals surface area contributed by atoms with E-state index in [9.17, 15) is 13.6 Å². The second-order valence-electron chi connectivity index (χ2n) is 5.45. The van der Waals surface area contributed by atoms with Crippen molar-refractivity contribution in [3.63, 3.8) is 0 Å². The summed E-state index contributed by atoms with van der Waals surface area (Å²) in [4.78, 5) is 28.2. The summed E-state index contributed by atoms with van der Waals surface area (Å²) in [5, 5.41) is 2.58. The average Bonchev–Trinajstić information content (AvgIpc) is 2.54. The summed E-state index contributed by atoms with van der Waals surface area (Å²) in [5.41, 5.74) is 0.0172. The number of benzene rings is 1. The number of rotatable bonds is 5. The predicted octanol–water partition coefficient (Wildman–Crippen LogP) is 1.21. The van der Waals surface area contributed by atoms with E-state index in [1.165, 1.54) is 6.07 Å². The fraction of sp³-hybridized carbons (Fsp3) is 0.333. The molecule has 0 saturated carbocycles. The summed E-state index contributed by atoms with van der Waals surface area (Å²) in [6, 6.07) is 2.95. The summed E-state index contributed by atoms with van der Waals surface area (Å²) in [6.45, 7) is 0.0298. The number of carbonyl (C=O) groups is 1. The van der Waals surface area contributed by atoms with Crippen molar-refractivity contribution in [3.05, 3.63) is 41.2 Å². The molecule has 1 amide bonds. The number of nitrogens with zero attached hydrogens (tertiary/aromatic N) is 5. The van der Waals surface area contributed by atoms with Gasteiger partial charge in [0.25, 0.3) is 5.91 Å². The van der Waals surface area contributed by atoms with E-state index in [-0.39, 0.29) is 12.1 Å². The molecule has 1 N–H and O–H groups in total. The largest absolute Gasteiger partial charge is 0.347 e. The first-order chi connectivity index (χ1) is 11.3. The highest BCUT2D eigenvalue weighted by molar-refractivity contribution is 5.94. The number of carbonyl (C=O) groups excluding carboxylic acids is 1. The first-order valence-corrected chi connectivity index (χ1v) is 7.10. The van der Waals surface area contributed by atoms with Crippen LogP contribution in [0.5, 0.6) is 0 Å². The minimum absolute atomic E-state index is 0.0172. The summed E-state index contributed by atoms with van der Waals surface area (Å²) in [6.07, 6.45) is 0. The SMILES string of the molecule is CN(C)c1nc(CNC(=O)c2ccc(F)c(F)c2)nc(N(C)C)n1. The molecule has 0 fully saturated rings. The van der Waals surface area contributed by atoms with Crippen molar-refractivity contribution in [2.45, 2.75) is 6.54 Å². The molecule has 0 saturated heterocycles. The third-order valence-corrected chi connectivity index (χ3v) is 3.05. The van der Waals surface area contributed by atoms with Gasteiger partial charge in [0.05, 0.1) is 6.54 Å². The molecule has 0 radical (unpaired) electrons. The first-order valence-electron chi connectivity index (χ1n) is 7.10. The Labute approximate surface area is 138 Å². The average molecular weight is 336 g/mol. The molecule has 128 valence electrons. The number of hydrogen-bond donors (Lipinski definition) is 1. The van der Waals surface area contributed by atoms with E-state index < -0.39 is 17.5 Å². The summed E-state index contributed by atoms with van der Waals surface area (Å²) >= 11 is 0. The van der Waals surface area contributed by atoms with Crippen LogP contribution in [0, 0.1) is 11.6 Å². The third-order valence-electron chi connectivity index (χ3n) is 3.05. The van der Waals surface area contributed by atoms with Gasteiger partial charge in [0.15, 0.2) is 17.5 Å². The lowest BCUT2D eigenvalue weighted by atomic mass is 10.2. The standard InChI is InChI=1S/C15H18F2N6O/c1-22(2)14-19-12(20-15(21-14)23(3)4)8-18-13(24)9-5-6-10(16)11(17)7-9/h5-7H,8H2,1-4H3,(H,18,24). The van der Waals surface area contributed by atoms with Crippen LogP contribution in [-0.2, 0) is 6.54 Å². The monoisotopic (exact) mass is 336 g/mol. The van der Waals surface area contributed by atoms with E-state index in [2.05, 4.69) is 20.3 Å². The lowest BCUT2D eigenvalue weighted by Crippen LogP contribution is -2.26. The van der Waals surface area contributed by atoms with E-state index in [0.717, 1.165) is 12.1 Å². The quantitative estimate of drug-likeness (QED) is 0.885. The number of hydrogen-bond acceptors (Lipinski definition) is 6. The summed E-state index contributed by atoms with van der Waals surface area (Å²) in [7, 11) is 7.16. The zero-order valence-electron chi connectivity index (χ0n) is 13.8. The van der Waals surface area contributed by atoms with Gasteiger partial charge >= 0.3 is 0 Å². The molecule has 2 aromatic rings. The highest BCUT2D eigenvalue weighted by Gasteiger charge is 2.13. The van der Waals surface area contributed by atoms with Crippen LogP contribution in [0.15, 0.2) is 18.2 Å². The Morgan fingerprint density at radius 2 is 1.58 bits per heavy atom. The second kappa shape index (κ2) is 7.16. The van der Waals surface area contributed by atoms with Crippen LogP contribution in [0.25, 0.3) is 0 Å². The molecule has 0 unspecified atom stereocenters. The Morgan fingerprint density at radius 1 is 1.00 bits per heavy atom. The molecule has 0 bridgehead atoms. The van der Waals surface area contributed by atoms with Crippen molar-refractivity contribution in [1.29, 1.82) is 0 Å². The van der Waals surface area contributed by atoms with Crippen molar-refractivity contribution in [1.82, 2.24) is 20.3 Å². The molecule has 0 aliphatic heterocycles. The van der Waals surface area contributed by atoms with Gasteiger partial charge in [-0.1, -0.05) is 0 Å². The molecule has 0 aliphatic rings. The molecule has 1 aromatic carbocycles. The number of aromatic nitrogens is 3. The maximum atomic E-state index is 13.2. The van der Waals surface area contributed by atoms with Crippen LogP contribution in [0.2, 0.25) is 0 Å². The number of amides is 1. The van der Waals surface area contributed by atoms with Crippen molar-refractivity contribution in [2.24, 2.45) is 0 Å². The van der Waals surface area contributed by atoms with Gasteiger partial charge in [-0.3, -0.25) is 4.79 Å². The maximum Gasteiger partial charge on any atom is 0.251 e. The Morgan fingerprint density at radius 3 is 2.08 bits per heavy atom. The van der Waals surface area contributed by atoms with Crippen LogP contribution in [0.1, 0.15) is 16.2 Å². The van der Waals surface area contributed by atoms with Gasteiger partial charge in [-0.15, -0.1) is 0 Å². The van der Waals surface area contributed by atoms with Crippen LogP contribution >= 0.6 is 0 Å². The minimum Gasteiger partial charge on any atom is -0.347 e. The molecule has 1 aromatic heterocycles. The van der Waals surface area contributed by atoms with E-state index in [1.807, 2.05) is 0 Å². The molecule has 2 rings (SSSR count). The molecule has 1 heterocycles. The number of nitrogens with one attached hydrogen (secondary N) is 1. The van der Waals surface area contributed by atoms with Crippen LogP contribution < -0.4 is 15.1 Å². The van der Waals surface area contributed by atoms with Gasteiger partial charge in [-0.25, -0.2) is 8.78 Å². The maximum absolute atomic E-state index is 13.2. The second-order valence-corrected chi connectivity index (χ2v) is 5.45. The molecule has 24 heavy (non-hydrogen) atoms. The number of anilines is 2. The highest BCUT2D eigenvalue weighted by Crippen LogP contribution is 2.11. The third kappa shape index (κ3) is 4.12. The van der Waals surface area contributed by atoms with Crippen LogP contribution in [-0.4, -0.2) is 49.0 Å². The lowest BCUT2D eigenvalue weighted by molar-refractivity contribution is 0.0949. The summed E-state index contributed by atoms with van der Waals surface area (Å²) in [5.74, 6) is -1.38. The molecule has 0 atom stereocenters. The molecule has 0 spiro atoms. The Hall–Kier alpha value is -2.84. The topological polar surface area (TPSA) is 74.2 Å². The van der Waals surface area contributed by atoms with Crippen molar-refractivity contribution >= 4 is 17.8 Å². The van der Waals surface area contributed by atoms with Gasteiger partial charge < -0.3 is 15.1 Å². The molecular weight excluding hydrogens is 318 g/mol. The van der Waals surface area contributed by atoms with Crippen molar-refractivity contribution < 1.29 is 13.6 Å². The van der Waals surface area contributed by atoms with Gasteiger partial charge in [-0.2, -0.15) is 15.0 Å². The predicted molar refractivity (Wildman–Crippen MR) is 86.0 cm³/mol. The van der Waals surface area contributed by atoms with E-state index in [0.29, 0.717) is 17.7 Å². The molecule has 7 nitrogen and oxygen atoms in total. The fourth-order valence-corrected chi connectivity index (χ4v) is 1.77. The Bertz CT molecular complexity index is 724. The van der Waals surface area contributed by atoms with E-state index >= 15 is 0 Å².